The Morgan fingerprint density at radius 2 is 2.27 bits per heavy atom. The summed E-state index contributed by atoms with van der Waals surface area (Å²) in [7, 11) is 0. The molecule has 15 heavy (non-hydrogen) atoms. The summed E-state index contributed by atoms with van der Waals surface area (Å²) in [6, 6.07) is 6.22. The number of halogens is 1. The Hall–Kier alpha value is -0.690. The van der Waals surface area contributed by atoms with Crippen LogP contribution in [0.4, 0.5) is 5.69 Å². The fourth-order valence-electron chi connectivity index (χ4n) is 2.39. The van der Waals surface area contributed by atoms with Gasteiger partial charge in [-0.2, -0.15) is 0 Å². The van der Waals surface area contributed by atoms with Gasteiger partial charge in [-0.3, -0.25) is 0 Å². The quantitative estimate of drug-likeness (QED) is 0.789. The molecular weight excluding hydrogens is 206 g/mol. The van der Waals surface area contributed by atoms with Crippen molar-refractivity contribution in [3.63, 3.8) is 0 Å². The van der Waals surface area contributed by atoms with Crippen LogP contribution in [0.25, 0.3) is 0 Å². The van der Waals surface area contributed by atoms with Crippen LogP contribution in [0.5, 0.6) is 0 Å². The van der Waals surface area contributed by atoms with Crippen molar-refractivity contribution in [3.05, 3.63) is 28.8 Å². The highest BCUT2D eigenvalue weighted by Crippen LogP contribution is 2.36. The van der Waals surface area contributed by atoms with Gasteiger partial charge in [0, 0.05) is 17.3 Å². The maximum Gasteiger partial charge on any atom is 0.0426 e. The summed E-state index contributed by atoms with van der Waals surface area (Å²) >= 11 is 5.99. The summed E-state index contributed by atoms with van der Waals surface area (Å²) < 4.78 is 0. The highest BCUT2D eigenvalue weighted by Gasteiger charge is 2.20. The minimum Gasteiger partial charge on any atom is -0.385 e. The summed E-state index contributed by atoms with van der Waals surface area (Å²) in [6.45, 7) is 5.65. The number of fused-ring (bicyclic) bond motifs is 1. The first-order chi connectivity index (χ1) is 7.16. The van der Waals surface area contributed by atoms with Gasteiger partial charge in [0.15, 0.2) is 0 Å². The lowest BCUT2D eigenvalue weighted by molar-refractivity contribution is 0.477. The van der Waals surface area contributed by atoms with Gasteiger partial charge in [-0.1, -0.05) is 31.5 Å². The molecule has 1 aromatic rings. The predicted octanol–water partition coefficient (Wildman–Crippen LogP) is 4.29. The standard InChI is InChI=1S/C13H18ClN/c1-9(2)7-10-5-6-15-13-8-11(14)3-4-12(10)13/h3-4,8-10,15H,5-7H2,1-2H3. The number of nitrogens with one attached hydrogen (secondary N) is 1. The normalized spacial score (nSPS) is 19.9. The van der Waals surface area contributed by atoms with E-state index in [4.69, 9.17) is 11.6 Å². The predicted molar refractivity (Wildman–Crippen MR) is 66.8 cm³/mol. The maximum absolute atomic E-state index is 5.99. The third-order valence-electron chi connectivity index (χ3n) is 3.02. The zero-order valence-corrected chi connectivity index (χ0v) is 10.1. The minimum absolute atomic E-state index is 0.707. The van der Waals surface area contributed by atoms with Crippen molar-refractivity contribution >= 4 is 17.3 Å². The monoisotopic (exact) mass is 223 g/mol. The molecule has 1 aliphatic heterocycles. The Morgan fingerprint density at radius 1 is 1.47 bits per heavy atom. The molecule has 0 saturated heterocycles. The average molecular weight is 224 g/mol. The van der Waals surface area contributed by atoms with E-state index in [-0.39, 0.29) is 0 Å². The maximum atomic E-state index is 5.99. The fraction of sp³-hybridized carbons (Fsp3) is 0.538. The molecule has 0 aliphatic carbocycles. The van der Waals surface area contributed by atoms with E-state index in [2.05, 4.69) is 25.2 Å². The average Bonchev–Trinajstić information content (AvgIpc) is 2.16. The van der Waals surface area contributed by atoms with Crippen molar-refractivity contribution in [2.75, 3.05) is 11.9 Å². The van der Waals surface area contributed by atoms with E-state index in [9.17, 15) is 0 Å². The van der Waals surface area contributed by atoms with Crippen LogP contribution in [0.3, 0.4) is 0 Å². The van der Waals surface area contributed by atoms with Crippen LogP contribution in [0.2, 0.25) is 5.02 Å². The highest BCUT2D eigenvalue weighted by atomic mass is 35.5. The first-order valence-electron chi connectivity index (χ1n) is 5.70. The molecule has 0 bridgehead atoms. The molecule has 2 heteroatoms. The van der Waals surface area contributed by atoms with E-state index in [1.807, 2.05) is 12.1 Å². The van der Waals surface area contributed by atoms with Gasteiger partial charge in [0.05, 0.1) is 0 Å². The molecule has 0 aromatic heterocycles. The molecule has 1 nitrogen and oxygen atoms in total. The summed E-state index contributed by atoms with van der Waals surface area (Å²) in [5, 5.41) is 4.25. The first kappa shape index (κ1) is 10.8. The van der Waals surface area contributed by atoms with E-state index in [0.29, 0.717) is 5.92 Å². The molecule has 0 fully saturated rings. The molecule has 0 saturated carbocycles. The van der Waals surface area contributed by atoms with Crippen LogP contribution in [0, 0.1) is 5.92 Å². The molecule has 2 rings (SSSR count). The van der Waals surface area contributed by atoms with E-state index in [1.54, 1.807) is 0 Å². The van der Waals surface area contributed by atoms with Gasteiger partial charge in [-0.25, -0.2) is 0 Å². The van der Waals surface area contributed by atoms with Crippen LogP contribution < -0.4 is 5.32 Å². The molecule has 82 valence electrons. The Bertz CT molecular complexity index is 346. The lowest BCUT2D eigenvalue weighted by Crippen LogP contribution is -2.17. The lowest BCUT2D eigenvalue weighted by atomic mass is 9.85. The minimum atomic E-state index is 0.707. The second-order valence-corrected chi connectivity index (χ2v) is 5.21. The van der Waals surface area contributed by atoms with Crippen molar-refractivity contribution in [2.24, 2.45) is 5.92 Å². The highest BCUT2D eigenvalue weighted by molar-refractivity contribution is 6.30. The summed E-state index contributed by atoms with van der Waals surface area (Å²) in [5.74, 6) is 1.47. The number of anilines is 1. The third kappa shape index (κ3) is 2.46. The van der Waals surface area contributed by atoms with Crippen LogP contribution in [-0.2, 0) is 0 Å². The van der Waals surface area contributed by atoms with Crippen LogP contribution in [0.15, 0.2) is 18.2 Å². The second kappa shape index (κ2) is 4.44. The van der Waals surface area contributed by atoms with Crippen molar-refractivity contribution in [2.45, 2.75) is 32.6 Å². The van der Waals surface area contributed by atoms with E-state index in [1.165, 1.54) is 24.1 Å². The van der Waals surface area contributed by atoms with E-state index >= 15 is 0 Å². The molecule has 0 radical (unpaired) electrons. The Labute approximate surface area is 96.8 Å². The Balaban J connectivity index is 2.26. The third-order valence-corrected chi connectivity index (χ3v) is 3.25. The van der Waals surface area contributed by atoms with E-state index in [0.717, 1.165) is 17.5 Å². The van der Waals surface area contributed by atoms with E-state index < -0.39 is 0 Å². The topological polar surface area (TPSA) is 12.0 Å². The van der Waals surface area contributed by atoms with Crippen molar-refractivity contribution in [1.29, 1.82) is 0 Å². The van der Waals surface area contributed by atoms with Crippen LogP contribution in [-0.4, -0.2) is 6.54 Å². The number of rotatable bonds is 2. The Kier molecular flexibility index (Phi) is 3.20. The van der Waals surface area contributed by atoms with Crippen molar-refractivity contribution in [3.8, 4) is 0 Å². The lowest BCUT2D eigenvalue weighted by Gasteiger charge is -2.28. The molecule has 0 amide bonds. The SMILES string of the molecule is CC(C)CC1CCNc2cc(Cl)ccc21. The zero-order chi connectivity index (χ0) is 10.8. The second-order valence-electron chi connectivity index (χ2n) is 4.77. The molecule has 1 aliphatic rings. The van der Waals surface area contributed by atoms with Gasteiger partial charge in [0.25, 0.3) is 0 Å². The fourth-order valence-corrected chi connectivity index (χ4v) is 2.56. The number of benzene rings is 1. The van der Waals surface area contributed by atoms with Crippen LogP contribution >= 0.6 is 11.6 Å². The van der Waals surface area contributed by atoms with Gasteiger partial charge < -0.3 is 5.32 Å². The van der Waals surface area contributed by atoms with Crippen molar-refractivity contribution in [1.82, 2.24) is 0 Å². The largest absolute Gasteiger partial charge is 0.385 e. The smallest absolute Gasteiger partial charge is 0.0426 e. The molecule has 1 unspecified atom stereocenters. The summed E-state index contributed by atoms with van der Waals surface area (Å²) in [5.41, 5.74) is 2.68. The van der Waals surface area contributed by atoms with Crippen molar-refractivity contribution < 1.29 is 0 Å². The number of hydrogen-bond acceptors (Lipinski definition) is 1. The zero-order valence-electron chi connectivity index (χ0n) is 9.39. The van der Waals surface area contributed by atoms with Gasteiger partial charge in [-0.05, 0) is 42.4 Å². The van der Waals surface area contributed by atoms with Crippen LogP contribution in [0.1, 0.15) is 38.2 Å². The first-order valence-corrected chi connectivity index (χ1v) is 6.08. The van der Waals surface area contributed by atoms with Gasteiger partial charge in [-0.15, -0.1) is 0 Å². The van der Waals surface area contributed by atoms with Gasteiger partial charge in [0.1, 0.15) is 0 Å². The molecular formula is C13H18ClN. The molecule has 1 heterocycles. The summed E-state index contributed by atoms with van der Waals surface area (Å²) in [4.78, 5) is 0. The van der Waals surface area contributed by atoms with Gasteiger partial charge >= 0.3 is 0 Å². The Morgan fingerprint density at radius 3 is 3.00 bits per heavy atom. The molecule has 0 spiro atoms. The molecule has 1 N–H and O–H groups in total. The summed E-state index contributed by atoms with van der Waals surface area (Å²) in [6.07, 6.45) is 2.52. The molecule has 1 aromatic carbocycles. The molecule has 1 atom stereocenters. The number of hydrogen-bond donors (Lipinski definition) is 1. The van der Waals surface area contributed by atoms with Gasteiger partial charge in [0.2, 0.25) is 0 Å².